The van der Waals surface area contributed by atoms with Crippen molar-refractivity contribution in [2.24, 2.45) is 0 Å². The highest BCUT2D eigenvalue weighted by Gasteiger charge is 1.44. The van der Waals surface area contributed by atoms with Crippen LogP contribution in [0.1, 0.15) is 0 Å². The third-order valence-electron chi connectivity index (χ3n) is 0.215. The summed E-state index contributed by atoms with van der Waals surface area (Å²) in [6.07, 6.45) is 3.35. The maximum atomic E-state index is 4.40. The normalized spacial score (nSPS) is 8.80. The van der Waals surface area contributed by atoms with E-state index in [4.69, 9.17) is 0 Å². The van der Waals surface area contributed by atoms with Gasteiger partial charge in [0.05, 0.1) is 0 Å². The molecule has 0 aromatic heterocycles. The molecular formula is C4H5S. The number of hydrogen-bond donors (Lipinski definition) is 0. The number of rotatable bonds is 1. The lowest BCUT2D eigenvalue weighted by atomic mass is 10.6. The SMILES string of the molecule is C=C/C=C/[S]. The van der Waals surface area contributed by atoms with Crippen LogP contribution in [0.2, 0.25) is 0 Å². The van der Waals surface area contributed by atoms with Crippen molar-refractivity contribution in [1.29, 1.82) is 0 Å². The third kappa shape index (κ3) is 3.70. The first-order valence-electron chi connectivity index (χ1n) is 1.31. The summed E-state index contributed by atoms with van der Waals surface area (Å²) in [7, 11) is 0. The average Bonchev–Trinajstić information content (AvgIpc) is 1.41. The molecule has 0 saturated heterocycles. The van der Waals surface area contributed by atoms with Crippen molar-refractivity contribution in [3.05, 3.63) is 24.1 Å². The molecule has 0 aliphatic heterocycles. The topological polar surface area (TPSA) is 0 Å². The maximum absolute atomic E-state index is 4.40. The fourth-order valence-corrected chi connectivity index (χ4v) is 0.167. The zero-order valence-electron chi connectivity index (χ0n) is 2.85. The Labute approximate surface area is 37.6 Å². The van der Waals surface area contributed by atoms with E-state index in [1.54, 1.807) is 12.2 Å². The predicted molar refractivity (Wildman–Crippen MR) is 26.9 cm³/mol. The van der Waals surface area contributed by atoms with Crippen LogP contribution < -0.4 is 0 Å². The second-order valence-corrected chi connectivity index (χ2v) is 0.836. The third-order valence-corrected chi connectivity index (χ3v) is 0.372. The molecule has 5 heavy (non-hydrogen) atoms. The molecule has 0 N–H and O–H groups in total. The molecule has 0 atom stereocenters. The van der Waals surface area contributed by atoms with Crippen LogP contribution in [0.5, 0.6) is 0 Å². The quantitative estimate of drug-likeness (QED) is 0.426. The summed E-state index contributed by atoms with van der Waals surface area (Å²) in [5, 5.41) is 1.52. The monoisotopic (exact) mass is 85.0 g/mol. The summed E-state index contributed by atoms with van der Waals surface area (Å²) in [6.45, 7) is 3.40. The van der Waals surface area contributed by atoms with Gasteiger partial charge < -0.3 is 0 Å². The molecule has 0 spiro atoms. The van der Waals surface area contributed by atoms with Gasteiger partial charge in [-0.3, -0.25) is 0 Å². The van der Waals surface area contributed by atoms with Crippen LogP contribution in [0.3, 0.4) is 0 Å². The van der Waals surface area contributed by atoms with Gasteiger partial charge in [-0.15, -0.1) is 0 Å². The average molecular weight is 85.2 g/mol. The van der Waals surface area contributed by atoms with Crippen molar-refractivity contribution in [3.8, 4) is 0 Å². The zero-order chi connectivity index (χ0) is 4.12. The van der Waals surface area contributed by atoms with E-state index >= 15 is 0 Å². The van der Waals surface area contributed by atoms with Crippen LogP contribution in [0.15, 0.2) is 24.1 Å². The molecule has 0 aliphatic carbocycles. The molecule has 0 aromatic carbocycles. The summed E-state index contributed by atoms with van der Waals surface area (Å²) in [5.41, 5.74) is 0. The van der Waals surface area contributed by atoms with E-state index in [2.05, 4.69) is 19.2 Å². The number of hydrogen-bond acceptors (Lipinski definition) is 0. The first kappa shape index (κ1) is 4.70. The van der Waals surface area contributed by atoms with Gasteiger partial charge in [-0.1, -0.05) is 31.4 Å². The number of allylic oxidation sites excluding steroid dienone is 2. The highest BCUT2D eigenvalue weighted by atomic mass is 32.1. The summed E-state index contributed by atoms with van der Waals surface area (Å²) in [4.78, 5) is 0. The molecule has 0 aliphatic rings. The van der Waals surface area contributed by atoms with Gasteiger partial charge in [0.2, 0.25) is 0 Å². The van der Waals surface area contributed by atoms with Gasteiger partial charge in [0, 0.05) is 5.41 Å². The van der Waals surface area contributed by atoms with Crippen LogP contribution in [0, 0.1) is 0 Å². The fourth-order valence-electron chi connectivity index (χ4n) is 0.0556. The van der Waals surface area contributed by atoms with Crippen LogP contribution in [-0.4, -0.2) is 0 Å². The van der Waals surface area contributed by atoms with E-state index < -0.39 is 0 Å². The van der Waals surface area contributed by atoms with Crippen LogP contribution in [-0.2, 0) is 0 Å². The summed E-state index contributed by atoms with van der Waals surface area (Å²) >= 11 is 4.40. The van der Waals surface area contributed by atoms with Crippen molar-refractivity contribution in [2.75, 3.05) is 0 Å². The van der Waals surface area contributed by atoms with Crippen molar-refractivity contribution < 1.29 is 0 Å². The van der Waals surface area contributed by atoms with Crippen LogP contribution >= 0.6 is 12.6 Å². The Morgan fingerprint density at radius 3 is 2.20 bits per heavy atom. The van der Waals surface area contributed by atoms with Crippen molar-refractivity contribution in [3.63, 3.8) is 0 Å². The molecule has 0 rings (SSSR count). The Bertz CT molecular complexity index is 45.6. The zero-order valence-corrected chi connectivity index (χ0v) is 3.66. The van der Waals surface area contributed by atoms with Gasteiger partial charge in [-0.05, 0) is 0 Å². The minimum absolute atomic E-state index is 1.52. The molecule has 1 radical (unpaired) electrons. The van der Waals surface area contributed by atoms with Gasteiger partial charge in [-0.2, -0.15) is 0 Å². The van der Waals surface area contributed by atoms with E-state index in [1.807, 2.05) is 0 Å². The first-order chi connectivity index (χ1) is 2.41. The molecule has 0 bridgehead atoms. The Kier molecular flexibility index (Phi) is 3.48. The summed E-state index contributed by atoms with van der Waals surface area (Å²) in [6, 6.07) is 0. The van der Waals surface area contributed by atoms with Crippen LogP contribution in [0.4, 0.5) is 0 Å². The van der Waals surface area contributed by atoms with Crippen LogP contribution in [0.25, 0.3) is 0 Å². The second-order valence-electron chi connectivity index (χ2n) is 0.564. The molecule has 0 aromatic rings. The Balaban J connectivity index is 2.92. The minimum atomic E-state index is 1.52. The Hall–Kier alpha value is -0.300. The van der Waals surface area contributed by atoms with Crippen molar-refractivity contribution >= 4 is 12.6 Å². The highest BCUT2D eigenvalue weighted by Crippen LogP contribution is 1.73. The van der Waals surface area contributed by atoms with E-state index in [1.165, 1.54) is 5.41 Å². The van der Waals surface area contributed by atoms with Gasteiger partial charge in [0.25, 0.3) is 0 Å². The minimum Gasteiger partial charge on any atom is -0.0990 e. The molecule has 0 saturated carbocycles. The lowest BCUT2D eigenvalue weighted by molar-refractivity contribution is 2.13. The van der Waals surface area contributed by atoms with Crippen molar-refractivity contribution in [1.82, 2.24) is 0 Å². The molecule has 0 unspecified atom stereocenters. The molecule has 0 amide bonds. The predicted octanol–water partition coefficient (Wildman–Crippen LogP) is 1.88. The maximum Gasteiger partial charge on any atom is 0.00133 e. The first-order valence-corrected chi connectivity index (χ1v) is 1.78. The highest BCUT2D eigenvalue weighted by molar-refractivity contribution is 7.83. The smallest absolute Gasteiger partial charge is 0.00133 e. The second kappa shape index (κ2) is 3.70. The van der Waals surface area contributed by atoms with E-state index in [0.29, 0.717) is 0 Å². The Morgan fingerprint density at radius 1 is 1.60 bits per heavy atom. The molecule has 0 fully saturated rings. The molecule has 1 heteroatoms. The van der Waals surface area contributed by atoms with E-state index in [0.717, 1.165) is 0 Å². The molecular weight excluding hydrogens is 80.1 g/mol. The van der Waals surface area contributed by atoms with Gasteiger partial charge >= 0.3 is 0 Å². The lowest BCUT2D eigenvalue weighted by Crippen LogP contribution is -1.29. The Morgan fingerprint density at radius 2 is 2.20 bits per heavy atom. The lowest BCUT2D eigenvalue weighted by Gasteiger charge is -1.54. The van der Waals surface area contributed by atoms with Gasteiger partial charge in [-0.25, -0.2) is 0 Å². The van der Waals surface area contributed by atoms with E-state index in [9.17, 15) is 0 Å². The summed E-state index contributed by atoms with van der Waals surface area (Å²) in [5.74, 6) is 0. The standard InChI is InChI=1S/C4H5S/c1-2-3-4-5/h2-4H,1H2/b4-3+. The molecule has 0 nitrogen and oxygen atoms in total. The van der Waals surface area contributed by atoms with E-state index in [-0.39, 0.29) is 0 Å². The van der Waals surface area contributed by atoms with Gasteiger partial charge in [0.15, 0.2) is 0 Å². The fraction of sp³-hybridized carbons (Fsp3) is 0. The van der Waals surface area contributed by atoms with Gasteiger partial charge in [0.1, 0.15) is 0 Å². The molecule has 27 valence electrons. The molecule has 0 heterocycles. The largest absolute Gasteiger partial charge is 0.0990 e. The summed E-state index contributed by atoms with van der Waals surface area (Å²) < 4.78 is 0. The van der Waals surface area contributed by atoms with Crippen molar-refractivity contribution in [2.45, 2.75) is 0 Å².